The first-order valence-corrected chi connectivity index (χ1v) is 14.2. The molecule has 4 atom stereocenters. The zero-order chi connectivity index (χ0) is 31.9. The lowest BCUT2D eigenvalue weighted by Gasteiger charge is -2.31. The summed E-state index contributed by atoms with van der Waals surface area (Å²) in [5.74, 6) is 0. The summed E-state index contributed by atoms with van der Waals surface area (Å²) in [5, 5.41) is 31.5. The Morgan fingerprint density at radius 2 is 1.20 bits per heavy atom. The molecule has 234 valence electrons. The maximum atomic E-state index is 13.0. The van der Waals surface area contributed by atoms with Gasteiger partial charge in [0.2, 0.25) is 0 Å². The number of nitriles is 2. The zero-order valence-electron chi connectivity index (χ0n) is 23.7. The Hall–Kier alpha value is -4.30. The fourth-order valence-electron chi connectivity index (χ4n) is 5.73. The monoisotopic (exact) mass is 618 g/mol. The van der Waals surface area contributed by atoms with Gasteiger partial charge in [0.25, 0.3) is 0 Å². The van der Waals surface area contributed by atoms with E-state index in [9.17, 15) is 26.3 Å². The molecular weight excluding hydrogens is 586 g/mol. The normalized spacial score (nSPS) is 22.1. The first-order valence-electron chi connectivity index (χ1n) is 14.2. The number of halogens is 6. The highest BCUT2D eigenvalue weighted by atomic mass is 19.4. The summed E-state index contributed by atoms with van der Waals surface area (Å²) in [6, 6.07) is 11.1. The number of nitrogens with one attached hydrogen (secondary N) is 2. The fraction of sp³-hybridized carbons (Fsp3) is 0.467. The summed E-state index contributed by atoms with van der Waals surface area (Å²) in [6.07, 6.45) is 1.50. The average Bonchev–Trinajstić information content (AvgIpc) is 3.52. The van der Waals surface area contributed by atoms with E-state index in [1.165, 1.54) is 24.3 Å². The summed E-state index contributed by atoms with van der Waals surface area (Å²) in [4.78, 5) is 0. The second-order valence-electron chi connectivity index (χ2n) is 11.1. The molecule has 1 heterocycles. The van der Waals surface area contributed by atoms with Gasteiger partial charge in [-0.2, -0.15) is 36.9 Å². The summed E-state index contributed by atoms with van der Waals surface area (Å²) < 4.78 is 79.6. The standard InChI is InChI=1S/C16H16F3N5.C14H16F3N3/c17-16(18,19)15-7-13(5-4-11(15)8-20)23-12-2-1-3-14(6-12)24-9-21-22-10-24;15-14(16,17)13-7-12(5-4-9(13)8-18)20-11-3-1-2-10(19)6-11/h4-5,7,9-10,12,14,23H,1-3,6H2;4-5,7,10-11,20H,1-3,6,19H2. The molecule has 2 aliphatic rings. The van der Waals surface area contributed by atoms with E-state index in [0.717, 1.165) is 63.5 Å². The van der Waals surface area contributed by atoms with Crippen molar-refractivity contribution in [3.05, 3.63) is 71.3 Å². The number of rotatable bonds is 5. The molecule has 1 aromatic heterocycles. The number of hydrogen-bond donors (Lipinski definition) is 3. The summed E-state index contributed by atoms with van der Waals surface area (Å²) in [7, 11) is 0. The van der Waals surface area contributed by atoms with Gasteiger partial charge < -0.3 is 20.9 Å². The first-order chi connectivity index (χ1) is 20.9. The van der Waals surface area contributed by atoms with Crippen LogP contribution in [0.4, 0.5) is 37.7 Å². The van der Waals surface area contributed by atoms with Crippen LogP contribution in [0.2, 0.25) is 0 Å². The second-order valence-corrected chi connectivity index (χ2v) is 11.1. The molecule has 2 fully saturated rings. The maximum Gasteiger partial charge on any atom is 0.417 e. The van der Waals surface area contributed by atoms with Crippen molar-refractivity contribution >= 4 is 11.4 Å². The van der Waals surface area contributed by atoms with E-state index < -0.39 is 23.5 Å². The van der Waals surface area contributed by atoms with E-state index in [1.807, 2.05) is 4.57 Å². The molecule has 0 radical (unpaired) electrons. The molecule has 8 nitrogen and oxygen atoms in total. The minimum atomic E-state index is -4.54. The van der Waals surface area contributed by atoms with Crippen molar-refractivity contribution in [2.75, 3.05) is 10.6 Å². The van der Waals surface area contributed by atoms with E-state index >= 15 is 0 Å². The Kier molecular flexibility index (Phi) is 10.4. The lowest BCUT2D eigenvalue weighted by Crippen LogP contribution is -2.34. The molecule has 0 aliphatic heterocycles. The summed E-state index contributed by atoms with van der Waals surface area (Å²) in [5.41, 5.74) is 4.11. The quantitative estimate of drug-likeness (QED) is 0.262. The number of aromatic nitrogens is 3. The van der Waals surface area contributed by atoms with Gasteiger partial charge in [0, 0.05) is 35.5 Å². The van der Waals surface area contributed by atoms with Crippen molar-refractivity contribution in [3.63, 3.8) is 0 Å². The molecule has 2 aliphatic carbocycles. The minimum absolute atomic E-state index is 0.0696. The van der Waals surface area contributed by atoms with Gasteiger partial charge in [-0.25, -0.2) is 0 Å². The van der Waals surface area contributed by atoms with E-state index in [-0.39, 0.29) is 35.3 Å². The Bertz CT molecular complexity index is 1470. The third-order valence-corrected chi connectivity index (χ3v) is 7.85. The molecule has 44 heavy (non-hydrogen) atoms. The van der Waals surface area contributed by atoms with Crippen LogP contribution in [0.5, 0.6) is 0 Å². The molecule has 3 aromatic rings. The Balaban J connectivity index is 0.000000204. The molecule has 2 aromatic carbocycles. The van der Waals surface area contributed by atoms with Gasteiger partial charge >= 0.3 is 12.4 Å². The van der Waals surface area contributed by atoms with Crippen molar-refractivity contribution in [2.45, 2.75) is 87.9 Å². The van der Waals surface area contributed by atoms with Crippen LogP contribution in [0.3, 0.4) is 0 Å². The van der Waals surface area contributed by atoms with Crippen LogP contribution in [0.25, 0.3) is 0 Å². The summed E-state index contributed by atoms with van der Waals surface area (Å²) in [6.45, 7) is 0. The smallest absolute Gasteiger partial charge is 0.382 e. The third-order valence-electron chi connectivity index (χ3n) is 7.85. The van der Waals surface area contributed by atoms with Gasteiger partial charge in [0.05, 0.1) is 34.4 Å². The Labute approximate surface area is 250 Å². The van der Waals surface area contributed by atoms with Gasteiger partial charge in [-0.15, -0.1) is 10.2 Å². The first kappa shape index (κ1) is 32.6. The van der Waals surface area contributed by atoms with Crippen LogP contribution in [-0.4, -0.2) is 32.9 Å². The highest BCUT2D eigenvalue weighted by Gasteiger charge is 2.35. The number of hydrogen-bond acceptors (Lipinski definition) is 7. The highest BCUT2D eigenvalue weighted by Crippen LogP contribution is 2.36. The van der Waals surface area contributed by atoms with Crippen LogP contribution in [0.15, 0.2) is 49.1 Å². The predicted molar refractivity (Wildman–Crippen MR) is 151 cm³/mol. The van der Waals surface area contributed by atoms with Crippen molar-refractivity contribution in [2.24, 2.45) is 5.73 Å². The van der Waals surface area contributed by atoms with Gasteiger partial charge in [0.1, 0.15) is 12.7 Å². The van der Waals surface area contributed by atoms with Crippen molar-refractivity contribution in [3.8, 4) is 12.1 Å². The van der Waals surface area contributed by atoms with Crippen molar-refractivity contribution in [1.82, 2.24) is 14.8 Å². The predicted octanol–water partition coefficient (Wildman–Crippen LogP) is 7.02. The number of anilines is 2. The molecule has 4 unspecified atom stereocenters. The Morgan fingerprint density at radius 3 is 1.66 bits per heavy atom. The molecule has 4 N–H and O–H groups in total. The van der Waals surface area contributed by atoms with Crippen LogP contribution >= 0.6 is 0 Å². The van der Waals surface area contributed by atoms with Gasteiger partial charge in [0.15, 0.2) is 0 Å². The van der Waals surface area contributed by atoms with Gasteiger partial charge in [-0.1, -0.05) is 0 Å². The number of alkyl halides is 6. The number of nitrogens with two attached hydrogens (primary N) is 1. The van der Waals surface area contributed by atoms with E-state index in [4.69, 9.17) is 16.3 Å². The van der Waals surface area contributed by atoms with E-state index in [0.29, 0.717) is 11.4 Å². The largest absolute Gasteiger partial charge is 0.417 e. The van der Waals surface area contributed by atoms with Crippen LogP contribution in [-0.2, 0) is 12.4 Å². The van der Waals surface area contributed by atoms with E-state index in [1.54, 1.807) is 24.8 Å². The van der Waals surface area contributed by atoms with Crippen LogP contribution < -0.4 is 16.4 Å². The molecule has 14 heteroatoms. The SMILES string of the molecule is N#Cc1ccc(NC2CCCC(N)C2)cc1C(F)(F)F.N#Cc1ccc(NC2CCCC(n3cnnc3)C2)cc1C(F)(F)F. The number of benzene rings is 2. The molecule has 0 spiro atoms. The topological polar surface area (TPSA) is 128 Å². The molecule has 0 saturated heterocycles. The number of nitrogens with zero attached hydrogens (tertiary/aromatic N) is 5. The van der Waals surface area contributed by atoms with Crippen molar-refractivity contribution < 1.29 is 26.3 Å². The van der Waals surface area contributed by atoms with Crippen molar-refractivity contribution in [1.29, 1.82) is 10.5 Å². The molecule has 5 rings (SSSR count). The van der Waals surface area contributed by atoms with Crippen LogP contribution in [0, 0.1) is 22.7 Å². The molecule has 2 saturated carbocycles. The average molecular weight is 619 g/mol. The maximum absolute atomic E-state index is 13.0. The fourth-order valence-corrected chi connectivity index (χ4v) is 5.73. The molecule has 0 amide bonds. The summed E-state index contributed by atoms with van der Waals surface area (Å²) >= 11 is 0. The lowest BCUT2D eigenvalue weighted by molar-refractivity contribution is -0.138. The minimum Gasteiger partial charge on any atom is -0.382 e. The highest BCUT2D eigenvalue weighted by molar-refractivity contribution is 5.54. The van der Waals surface area contributed by atoms with E-state index in [2.05, 4.69) is 20.8 Å². The zero-order valence-corrected chi connectivity index (χ0v) is 23.7. The second kappa shape index (κ2) is 14.0. The van der Waals surface area contributed by atoms with Gasteiger partial charge in [-0.05, 0) is 87.8 Å². The Morgan fingerprint density at radius 1 is 0.727 bits per heavy atom. The molecule has 0 bridgehead atoms. The lowest BCUT2D eigenvalue weighted by atomic mass is 9.90. The van der Waals surface area contributed by atoms with Gasteiger partial charge in [-0.3, -0.25) is 0 Å². The third kappa shape index (κ3) is 8.63. The van der Waals surface area contributed by atoms with Crippen LogP contribution in [0.1, 0.15) is 79.7 Å². The molecular formula is C30H32F6N8.